The lowest BCUT2D eigenvalue weighted by Crippen LogP contribution is -2.15. The van der Waals surface area contributed by atoms with E-state index < -0.39 is 0 Å². The minimum absolute atomic E-state index is 0.0308. The molecule has 1 aliphatic carbocycles. The highest BCUT2D eigenvalue weighted by Crippen LogP contribution is 2.42. The number of hydrogen-bond donors (Lipinski definition) is 1. The normalized spacial score (nSPS) is 12.5. The third kappa shape index (κ3) is 2.39. The standard InChI is InChI=1S/C18H16N2O3S/c1-22-8-9-23-10-19-13-6-2-4-11-15(13)18(21)12-5-3-7-14-16(12)17(11)20-24-14/h2-7,19H,8-10H2,1H3. The molecule has 0 amide bonds. The summed E-state index contributed by atoms with van der Waals surface area (Å²) in [5.74, 6) is 0.0308. The van der Waals surface area contributed by atoms with Crippen molar-refractivity contribution in [2.24, 2.45) is 0 Å². The Hall–Kier alpha value is -2.28. The highest BCUT2D eigenvalue weighted by atomic mass is 32.1. The van der Waals surface area contributed by atoms with Crippen molar-refractivity contribution in [3.8, 4) is 11.3 Å². The highest BCUT2D eigenvalue weighted by Gasteiger charge is 2.29. The van der Waals surface area contributed by atoms with Crippen LogP contribution in [0.2, 0.25) is 0 Å². The molecule has 1 N–H and O–H groups in total. The summed E-state index contributed by atoms with van der Waals surface area (Å²) in [5.41, 5.74) is 3.93. The van der Waals surface area contributed by atoms with Gasteiger partial charge < -0.3 is 14.8 Å². The molecule has 0 spiro atoms. The number of carbonyl (C=O) groups excluding carboxylic acids is 1. The van der Waals surface area contributed by atoms with E-state index >= 15 is 0 Å². The van der Waals surface area contributed by atoms with Crippen LogP contribution in [0.1, 0.15) is 15.9 Å². The first-order valence-electron chi connectivity index (χ1n) is 7.68. The molecule has 4 rings (SSSR count). The highest BCUT2D eigenvalue weighted by molar-refractivity contribution is 7.13. The first kappa shape index (κ1) is 15.3. The van der Waals surface area contributed by atoms with Gasteiger partial charge in [0.2, 0.25) is 0 Å². The van der Waals surface area contributed by atoms with Crippen molar-refractivity contribution in [1.82, 2.24) is 4.37 Å². The minimum Gasteiger partial charge on any atom is -0.382 e. The molecule has 0 saturated carbocycles. The lowest BCUT2D eigenvalue weighted by atomic mass is 9.86. The largest absolute Gasteiger partial charge is 0.382 e. The Bertz CT molecular complexity index is 920. The van der Waals surface area contributed by atoms with Crippen molar-refractivity contribution in [2.45, 2.75) is 0 Å². The molecule has 6 heteroatoms. The zero-order valence-corrected chi connectivity index (χ0v) is 14.0. The lowest BCUT2D eigenvalue weighted by Gasteiger charge is -2.19. The van der Waals surface area contributed by atoms with E-state index in [-0.39, 0.29) is 5.78 Å². The van der Waals surface area contributed by atoms with E-state index in [1.165, 1.54) is 11.5 Å². The Morgan fingerprint density at radius 1 is 1.12 bits per heavy atom. The number of fused-ring (bicyclic) bond motifs is 2. The van der Waals surface area contributed by atoms with Crippen LogP contribution in [0, 0.1) is 0 Å². The molecule has 122 valence electrons. The smallest absolute Gasteiger partial charge is 0.196 e. The molecule has 0 radical (unpaired) electrons. The first-order valence-corrected chi connectivity index (χ1v) is 8.45. The van der Waals surface area contributed by atoms with E-state index in [0.29, 0.717) is 25.5 Å². The molecule has 0 aliphatic heterocycles. The second-order valence-corrected chi connectivity index (χ2v) is 6.29. The van der Waals surface area contributed by atoms with Crippen LogP contribution >= 0.6 is 11.5 Å². The predicted octanol–water partition coefficient (Wildman–Crippen LogP) is 3.54. The number of hydrogen-bond acceptors (Lipinski definition) is 6. The van der Waals surface area contributed by atoms with E-state index in [4.69, 9.17) is 9.47 Å². The summed E-state index contributed by atoms with van der Waals surface area (Å²) in [4.78, 5) is 13.0. The van der Waals surface area contributed by atoms with Crippen LogP contribution in [0.3, 0.4) is 0 Å². The fraction of sp³-hybridized carbons (Fsp3) is 0.222. The molecule has 2 aromatic carbocycles. The Morgan fingerprint density at radius 3 is 2.83 bits per heavy atom. The Balaban J connectivity index is 1.72. The van der Waals surface area contributed by atoms with Gasteiger partial charge in [-0.2, -0.15) is 4.37 Å². The molecular weight excluding hydrogens is 324 g/mol. The topological polar surface area (TPSA) is 60.5 Å². The zero-order chi connectivity index (χ0) is 16.5. The van der Waals surface area contributed by atoms with Gasteiger partial charge in [0.15, 0.2) is 5.78 Å². The van der Waals surface area contributed by atoms with E-state index in [9.17, 15) is 4.79 Å². The summed E-state index contributed by atoms with van der Waals surface area (Å²) < 4.78 is 16.0. The molecule has 5 nitrogen and oxygen atoms in total. The Kier molecular flexibility index (Phi) is 4.02. The fourth-order valence-corrected chi connectivity index (χ4v) is 3.80. The van der Waals surface area contributed by atoms with Crippen LogP contribution in [0.4, 0.5) is 5.69 Å². The van der Waals surface area contributed by atoms with Gasteiger partial charge in [0.05, 0.1) is 29.2 Å². The van der Waals surface area contributed by atoms with Gasteiger partial charge in [0.25, 0.3) is 0 Å². The maximum Gasteiger partial charge on any atom is 0.196 e. The van der Waals surface area contributed by atoms with Gasteiger partial charge in [0.1, 0.15) is 6.73 Å². The maximum absolute atomic E-state index is 13.0. The van der Waals surface area contributed by atoms with Crippen LogP contribution in [-0.2, 0) is 9.47 Å². The van der Waals surface area contributed by atoms with Crippen LogP contribution in [0.5, 0.6) is 0 Å². The number of anilines is 1. The number of benzene rings is 2. The molecule has 0 bridgehead atoms. The number of nitrogens with zero attached hydrogens (tertiary/aromatic N) is 1. The van der Waals surface area contributed by atoms with Crippen molar-refractivity contribution in [3.63, 3.8) is 0 Å². The van der Waals surface area contributed by atoms with Gasteiger partial charge >= 0.3 is 0 Å². The summed E-state index contributed by atoms with van der Waals surface area (Å²) >= 11 is 1.43. The summed E-state index contributed by atoms with van der Waals surface area (Å²) in [5, 5.41) is 4.16. The third-order valence-electron chi connectivity index (χ3n) is 4.09. The van der Waals surface area contributed by atoms with Crippen LogP contribution < -0.4 is 5.32 Å². The molecule has 0 unspecified atom stereocenters. The molecule has 1 aromatic heterocycles. The number of rotatable bonds is 6. The summed E-state index contributed by atoms with van der Waals surface area (Å²) in [6.45, 7) is 1.36. The molecular formula is C18H16N2O3S. The first-order chi connectivity index (χ1) is 11.8. The van der Waals surface area contributed by atoms with Crippen molar-refractivity contribution in [3.05, 3.63) is 47.5 Å². The quantitative estimate of drug-likeness (QED) is 0.430. The predicted molar refractivity (Wildman–Crippen MR) is 94.8 cm³/mol. The van der Waals surface area contributed by atoms with Gasteiger partial charge in [-0.3, -0.25) is 4.79 Å². The zero-order valence-electron chi connectivity index (χ0n) is 13.2. The van der Waals surface area contributed by atoms with E-state index in [1.54, 1.807) is 7.11 Å². The van der Waals surface area contributed by atoms with Gasteiger partial charge in [-0.15, -0.1) is 0 Å². The van der Waals surface area contributed by atoms with Gasteiger partial charge in [-0.05, 0) is 23.7 Å². The van der Waals surface area contributed by atoms with Crippen molar-refractivity contribution in [1.29, 1.82) is 0 Å². The van der Waals surface area contributed by atoms with Crippen LogP contribution in [-0.4, -0.2) is 37.2 Å². The lowest BCUT2D eigenvalue weighted by molar-refractivity contribution is 0.0801. The number of ketones is 1. The third-order valence-corrected chi connectivity index (χ3v) is 4.90. The summed E-state index contributed by atoms with van der Waals surface area (Å²) in [6.07, 6.45) is 0. The number of ether oxygens (including phenoxy) is 2. The second-order valence-electron chi connectivity index (χ2n) is 5.49. The number of nitrogens with one attached hydrogen (secondary N) is 1. The van der Waals surface area contributed by atoms with E-state index in [1.807, 2.05) is 36.4 Å². The van der Waals surface area contributed by atoms with Crippen LogP contribution in [0.15, 0.2) is 36.4 Å². The second kappa shape index (κ2) is 6.32. The van der Waals surface area contributed by atoms with E-state index in [0.717, 1.165) is 32.6 Å². The monoisotopic (exact) mass is 340 g/mol. The molecule has 3 aromatic rings. The number of methoxy groups -OCH3 is 1. The van der Waals surface area contributed by atoms with Gasteiger partial charge in [0, 0.05) is 29.3 Å². The van der Waals surface area contributed by atoms with Crippen molar-refractivity contribution < 1.29 is 14.3 Å². The van der Waals surface area contributed by atoms with Crippen LogP contribution in [0.25, 0.3) is 21.3 Å². The summed E-state index contributed by atoms with van der Waals surface area (Å²) in [6, 6.07) is 11.6. The number of aromatic nitrogens is 1. The van der Waals surface area contributed by atoms with Crippen molar-refractivity contribution in [2.75, 3.05) is 32.4 Å². The van der Waals surface area contributed by atoms with E-state index in [2.05, 4.69) is 9.69 Å². The average molecular weight is 340 g/mol. The molecule has 24 heavy (non-hydrogen) atoms. The summed E-state index contributed by atoms with van der Waals surface area (Å²) in [7, 11) is 1.63. The molecule has 0 atom stereocenters. The Morgan fingerprint density at radius 2 is 1.96 bits per heavy atom. The molecule has 0 saturated heterocycles. The maximum atomic E-state index is 13.0. The minimum atomic E-state index is 0.0308. The van der Waals surface area contributed by atoms with Gasteiger partial charge in [-0.25, -0.2) is 0 Å². The Labute approximate surface area is 143 Å². The number of carbonyl (C=O) groups is 1. The van der Waals surface area contributed by atoms with Gasteiger partial charge in [-0.1, -0.05) is 24.3 Å². The fourth-order valence-electron chi connectivity index (χ4n) is 2.98. The SMILES string of the molecule is COCCOCNc1cccc2c1C(=O)c1cccc3snc-2c13. The average Bonchev–Trinajstić information content (AvgIpc) is 3.04. The van der Waals surface area contributed by atoms with Crippen molar-refractivity contribution >= 4 is 33.1 Å². The molecule has 1 heterocycles. The molecule has 1 aliphatic rings. The molecule has 0 fully saturated rings.